The summed E-state index contributed by atoms with van der Waals surface area (Å²) in [5.74, 6) is 4.36. The lowest BCUT2D eigenvalue weighted by molar-refractivity contribution is -0.139. The molecule has 4 saturated carbocycles. The Labute approximate surface area is 177 Å². The maximum absolute atomic E-state index is 12.6. The first-order valence-corrected chi connectivity index (χ1v) is 12.1. The van der Waals surface area contributed by atoms with Gasteiger partial charge in [0.05, 0.1) is 6.61 Å². The lowest BCUT2D eigenvalue weighted by atomic mass is 9.45. The van der Waals surface area contributed by atoms with E-state index in [1.807, 2.05) is 0 Å². The molecule has 4 nitrogen and oxygen atoms in total. The molecule has 4 rings (SSSR count). The van der Waals surface area contributed by atoms with Crippen molar-refractivity contribution in [1.82, 2.24) is 4.90 Å². The number of hydrogen-bond donors (Lipinski definition) is 0. The fourth-order valence-electron chi connectivity index (χ4n) is 7.75. The van der Waals surface area contributed by atoms with Crippen LogP contribution in [0.5, 0.6) is 0 Å². The molecule has 0 aliphatic heterocycles. The van der Waals surface area contributed by atoms with Crippen molar-refractivity contribution in [1.29, 1.82) is 0 Å². The molecule has 0 spiro atoms. The first kappa shape index (κ1) is 21.5. The molecule has 0 N–H and O–H groups in total. The van der Waals surface area contributed by atoms with E-state index in [1.165, 1.54) is 44.9 Å². The maximum atomic E-state index is 12.6. The molecule has 4 aliphatic rings. The Morgan fingerprint density at radius 2 is 1.93 bits per heavy atom. The minimum absolute atomic E-state index is 0.0147. The van der Waals surface area contributed by atoms with Gasteiger partial charge in [-0.2, -0.15) is 0 Å². The summed E-state index contributed by atoms with van der Waals surface area (Å²) in [6, 6.07) is 0. The molecule has 0 aromatic heterocycles. The number of carbonyl (C=O) groups is 1. The van der Waals surface area contributed by atoms with Gasteiger partial charge in [-0.05, 0) is 100 Å². The molecule has 0 heterocycles. The highest BCUT2D eigenvalue weighted by Crippen LogP contribution is 2.65. The van der Waals surface area contributed by atoms with Crippen LogP contribution in [0.25, 0.3) is 0 Å². The van der Waals surface area contributed by atoms with Crippen molar-refractivity contribution in [2.45, 2.75) is 71.6 Å². The minimum atomic E-state index is 0.0147. The Bertz CT molecular complexity index is 632. The summed E-state index contributed by atoms with van der Waals surface area (Å²) in [6.45, 7) is 7.11. The van der Waals surface area contributed by atoms with Gasteiger partial charge in [-0.15, -0.1) is 0 Å². The summed E-state index contributed by atoms with van der Waals surface area (Å²) in [5.41, 5.74) is 0.503. The van der Waals surface area contributed by atoms with Gasteiger partial charge in [0.1, 0.15) is 12.5 Å². The number of ketones is 1. The van der Waals surface area contributed by atoms with E-state index in [4.69, 9.17) is 4.74 Å². The second kappa shape index (κ2) is 8.42. The van der Waals surface area contributed by atoms with Crippen LogP contribution in [0.1, 0.15) is 71.6 Å². The number of hydrogen-bond acceptors (Lipinski definition) is 4. The second-order valence-electron chi connectivity index (χ2n) is 11.3. The van der Waals surface area contributed by atoms with Crippen molar-refractivity contribution in [3.8, 4) is 0 Å². The maximum Gasteiger partial charge on any atom is 0.139 e. The Morgan fingerprint density at radius 1 is 1.10 bits per heavy atom. The smallest absolute Gasteiger partial charge is 0.139 e. The molecule has 0 bridgehead atoms. The number of likely N-dealkylation sites (N-methyl/N-ethyl adjacent to an activating group) is 1. The van der Waals surface area contributed by atoms with Crippen LogP contribution in [0.15, 0.2) is 4.99 Å². The quantitative estimate of drug-likeness (QED) is 0.472. The number of nitrogens with zero attached hydrogens (tertiary/aromatic N) is 2. The SMILES string of the molecule is CN(C)CCOCN=CC1CCC2(C)C(CCC3C4CCC(=O)C4(C)CCC32)C1. The van der Waals surface area contributed by atoms with Crippen molar-refractivity contribution >= 4 is 12.0 Å². The highest BCUT2D eigenvalue weighted by molar-refractivity contribution is 5.87. The monoisotopic (exact) mass is 402 g/mol. The van der Waals surface area contributed by atoms with Crippen LogP contribution in [-0.2, 0) is 9.53 Å². The van der Waals surface area contributed by atoms with Crippen molar-refractivity contribution in [3.05, 3.63) is 0 Å². The average Bonchev–Trinajstić information content (AvgIpc) is 2.99. The molecule has 4 aliphatic carbocycles. The molecular weight excluding hydrogens is 360 g/mol. The van der Waals surface area contributed by atoms with Crippen molar-refractivity contribution in [3.63, 3.8) is 0 Å². The molecule has 7 atom stereocenters. The molecule has 0 amide bonds. The molecule has 0 aromatic carbocycles. The highest BCUT2D eigenvalue weighted by atomic mass is 16.5. The van der Waals surface area contributed by atoms with Crippen molar-refractivity contribution in [2.24, 2.45) is 45.4 Å². The molecule has 0 radical (unpaired) electrons. The van der Waals surface area contributed by atoms with Gasteiger partial charge < -0.3 is 9.64 Å². The topological polar surface area (TPSA) is 41.9 Å². The van der Waals surface area contributed by atoms with Crippen LogP contribution in [0, 0.1) is 40.4 Å². The van der Waals surface area contributed by atoms with Crippen molar-refractivity contribution < 1.29 is 9.53 Å². The Kier molecular flexibility index (Phi) is 6.24. The van der Waals surface area contributed by atoms with Crippen LogP contribution in [0.4, 0.5) is 0 Å². The summed E-state index contributed by atoms with van der Waals surface area (Å²) in [5, 5.41) is 0. The minimum Gasteiger partial charge on any atom is -0.358 e. The van der Waals surface area contributed by atoms with Crippen LogP contribution >= 0.6 is 0 Å². The number of aliphatic imine (C=N–C) groups is 1. The summed E-state index contributed by atoms with van der Waals surface area (Å²) >= 11 is 0. The summed E-state index contributed by atoms with van der Waals surface area (Å²) in [4.78, 5) is 19.3. The summed E-state index contributed by atoms with van der Waals surface area (Å²) in [6.07, 6.45) is 13.3. The summed E-state index contributed by atoms with van der Waals surface area (Å²) < 4.78 is 5.62. The standard InChI is InChI=1S/C25H42N2O2/c1-24-11-9-18(16-26-17-29-14-13-27(3)4)15-19(24)5-6-20-21-7-8-23(28)25(21,2)12-10-22(20)24/h16,18-22H,5-15,17H2,1-4H3. The Morgan fingerprint density at radius 3 is 2.72 bits per heavy atom. The zero-order valence-corrected chi connectivity index (χ0v) is 19.2. The predicted octanol–water partition coefficient (Wildman–Crippen LogP) is 4.82. The van der Waals surface area contributed by atoms with E-state index < -0.39 is 0 Å². The first-order chi connectivity index (χ1) is 13.8. The predicted molar refractivity (Wildman–Crippen MR) is 118 cm³/mol. The highest BCUT2D eigenvalue weighted by Gasteiger charge is 2.60. The van der Waals surface area contributed by atoms with Gasteiger partial charge in [0.2, 0.25) is 0 Å². The van der Waals surface area contributed by atoms with Crippen LogP contribution < -0.4 is 0 Å². The van der Waals surface area contributed by atoms with Crippen LogP contribution in [0.3, 0.4) is 0 Å². The number of ether oxygens (including phenoxy) is 1. The van der Waals surface area contributed by atoms with Crippen LogP contribution in [0.2, 0.25) is 0 Å². The van der Waals surface area contributed by atoms with Gasteiger partial charge in [0.25, 0.3) is 0 Å². The number of rotatable bonds is 6. The second-order valence-corrected chi connectivity index (χ2v) is 11.3. The molecule has 7 unspecified atom stereocenters. The molecule has 0 saturated heterocycles. The number of Topliss-reactive ketones (excluding diaryl/α,β-unsaturated/α-hetero) is 1. The van der Waals surface area contributed by atoms with E-state index in [0.717, 1.165) is 43.7 Å². The van der Waals surface area contributed by atoms with E-state index in [-0.39, 0.29) is 5.41 Å². The van der Waals surface area contributed by atoms with E-state index in [9.17, 15) is 4.79 Å². The third-order valence-electron chi connectivity index (χ3n) is 9.58. The molecular formula is C25H42N2O2. The normalized spacial score (nSPS) is 44.7. The van der Waals surface area contributed by atoms with E-state index in [1.54, 1.807) is 0 Å². The molecule has 4 heteroatoms. The largest absolute Gasteiger partial charge is 0.358 e. The Balaban J connectivity index is 1.34. The van der Waals surface area contributed by atoms with Gasteiger partial charge in [0.15, 0.2) is 0 Å². The molecule has 164 valence electrons. The molecule has 4 fully saturated rings. The molecule has 29 heavy (non-hydrogen) atoms. The fourth-order valence-corrected chi connectivity index (χ4v) is 7.75. The zero-order chi connectivity index (χ0) is 20.6. The van der Waals surface area contributed by atoms with Crippen LogP contribution in [-0.4, -0.2) is 50.9 Å². The van der Waals surface area contributed by atoms with Gasteiger partial charge in [-0.25, -0.2) is 0 Å². The lowest BCUT2D eigenvalue weighted by Crippen LogP contribution is -2.53. The van der Waals surface area contributed by atoms with E-state index >= 15 is 0 Å². The fraction of sp³-hybridized carbons (Fsp3) is 0.920. The number of carbonyl (C=O) groups excluding carboxylic acids is 1. The van der Waals surface area contributed by atoms with Gasteiger partial charge in [-0.1, -0.05) is 13.8 Å². The third-order valence-corrected chi connectivity index (χ3v) is 9.58. The molecule has 0 aromatic rings. The average molecular weight is 403 g/mol. The van der Waals surface area contributed by atoms with Gasteiger partial charge in [0, 0.05) is 24.6 Å². The van der Waals surface area contributed by atoms with E-state index in [0.29, 0.717) is 29.8 Å². The first-order valence-electron chi connectivity index (χ1n) is 12.1. The summed E-state index contributed by atoms with van der Waals surface area (Å²) in [7, 11) is 4.13. The van der Waals surface area contributed by atoms with Gasteiger partial charge in [-0.3, -0.25) is 9.79 Å². The zero-order valence-electron chi connectivity index (χ0n) is 19.2. The van der Waals surface area contributed by atoms with E-state index in [2.05, 4.69) is 44.0 Å². The van der Waals surface area contributed by atoms with Crippen molar-refractivity contribution in [2.75, 3.05) is 34.0 Å². The third kappa shape index (κ3) is 3.96. The number of fused-ring (bicyclic) bond motifs is 5. The van der Waals surface area contributed by atoms with Gasteiger partial charge >= 0.3 is 0 Å². The lowest BCUT2D eigenvalue weighted by Gasteiger charge is -2.60. The Hall–Kier alpha value is -0.740.